The first-order valence-electron chi connectivity index (χ1n) is 6.56. The molecule has 0 aliphatic rings. The molecule has 1 aromatic rings. The highest BCUT2D eigenvalue weighted by Gasteiger charge is 2.11. The van der Waals surface area contributed by atoms with Crippen LogP contribution in [0.3, 0.4) is 0 Å². The first-order chi connectivity index (χ1) is 10.1. The van der Waals surface area contributed by atoms with Gasteiger partial charge in [0, 0.05) is 6.54 Å². The van der Waals surface area contributed by atoms with Crippen molar-refractivity contribution in [1.29, 1.82) is 0 Å². The number of unbranched alkanes of at least 4 members (excludes halogenated alkanes) is 1. The lowest BCUT2D eigenvalue weighted by Gasteiger charge is -2.04. The Kier molecular flexibility index (Phi) is 6.73. The van der Waals surface area contributed by atoms with Crippen molar-refractivity contribution < 1.29 is 19.4 Å². The van der Waals surface area contributed by atoms with Crippen LogP contribution >= 0.6 is 0 Å². The lowest BCUT2D eigenvalue weighted by Crippen LogP contribution is -2.38. The van der Waals surface area contributed by atoms with Gasteiger partial charge in [-0.15, -0.1) is 0 Å². The van der Waals surface area contributed by atoms with Gasteiger partial charge in [0.05, 0.1) is 13.3 Å². The fourth-order valence-corrected chi connectivity index (χ4v) is 1.45. The molecule has 0 fully saturated rings. The van der Waals surface area contributed by atoms with E-state index in [0.717, 1.165) is 12.8 Å². The van der Waals surface area contributed by atoms with Crippen molar-refractivity contribution in [2.45, 2.75) is 19.8 Å². The van der Waals surface area contributed by atoms with E-state index in [0.29, 0.717) is 17.9 Å². The van der Waals surface area contributed by atoms with Crippen molar-refractivity contribution in [2.24, 2.45) is 5.10 Å². The third-order valence-corrected chi connectivity index (χ3v) is 2.61. The van der Waals surface area contributed by atoms with Gasteiger partial charge in [0.15, 0.2) is 11.5 Å². The van der Waals surface area contributed by atoms with Crippen LogP contribution in [0.4, 0.5) is 0 Å². The zero-order valence-corrected chi connectivity index (χ0v) is 12.0. The fraction of sp³-hybridized carbons (Fsp3) is 0.357. The van der Waals surface area contributed by atoms with E-state index in [-0.39, 0.29) is 5.75 Å². The first kappa shape index (κ1) is 16.5. The summed E-state index contributed by atoms with van der Waals surface area (Å²) >= 11 is 0. The Balaban J connectivity index is 2.50. The molecule has 0 saturated carbocycles. The number of phenolic OH excluding ortho intramolecular Hbond substituents is 1. The van der Waals surface area contributed by atoms with Crippen LogP contribution in [0.5, 0.6) is 11.5 Å². The summed E-state index contributed by atoms with van der Waals surface area (Å²) in [7, 11) is 1.43. The van der Waals surface area contributed by atoms with Crippen molar-refractivity contribution in [3.63, 3.8) is 0 Å². The number of rotatable bonds is 6. The molecule has 0 unspecified atom stereocenters. The average molecular weight is 293 g/mol. The van der Waals surface area contributed by atoms with E-state index in [1.807, 2.05) is 6.92 Å². The number of hydrogen-bond donors (Lipinski definition) is 3. The molecule has 0 atom stereocenters. The molecule has 0 saturated heterocycles. The molecule has 7 nitrogen and oxygen atoms in total. The van der Waals surface area contributed by atoms with Crippen LogP contribution in [-0.4, -0.2) is 36.8 Å². The second-order valence-electron chi connectivity index (χ2n) is 4.24. The van der Waals surface area contributed by atoms with Crippen molar-refractivity contribution in [3.8, 4) is 11.5 Å². The van der Waals surface area contributed by atoms with Crippen LogP contribution < -0.4 is 15.5 Å². The summed E-state index contributed by atoms with van der Waals surface area (Å²) in [4.78, 5) is 22.8. The van der Waals surface area contributed by atoms with E-state index >= 15 is 0 Å². The Morgan fingerprint density at radius 1 is 1.38 bits per heavy atom. The van der Waals surface area contributed by atoms with Crippen LogP contribution in [0, 0.1) is 0 Å². The highest BCUT2D eigenvalue weighted by atomic mass is 16.5. The Hall–Kier alpha value is -2.57. The molecule has 0 heterocycles. The third-order valence-electron chi connectivity index (χ3n) is 2.61. The standard InChI is InChI=1S/C14H19N3O4/c1-3-4-7-15-13(19)14(20)17-16-9-10-5-6-11(18)12(8-10)21-2/h5-6,8-9,18H,3-4,7H2,1-2H3,(H,15,19)(H,17,20)/b16-9-. The molecule has 0 aliphatic heterocycles. The zero-order valence-electron chi connectivity index (χ0n) is 12.0. The van der Waals surface area contributed by atoms with Gasteiger partial charge in [-0.1, -0.05) is 13.3 Å². The number of aromatic hydroxyl groups is 1. The summed E-state index contributed by atoms with van der Waals surface area (Å²) in [6.07, 6.45) is 3.09. The summed E-state index contributed by atoms with van der Waals surface area (Å²) in [6.45, 7) is 2.45. The second-order valence-corrected chi connectivity index (χ2v) is 4.24. The highest BCUT2D eigenvalue weighted by molar-refractivity contribution is 6.35. The van der Waals surface area contributed by atoms with Gasteiger partial charge >= 0.3 is 11.8 Å². The van der Waals surface area contributed by atoms with Crippen LogP contribution in [0.15, 0.2) is 23.3 Å². The van der Waals surface area contributed by atoms with Gasteiger partial charge in [0.25, 0.3) is 0 Å². The van der Waals surface area contributed by atoms with Crippen LogP contribution in [-0.2, 0) is 9.59 Å². The van der Waals surface area contributed by atoms with Gasteiger partial charge in [-0.25, -0.2) is 5.43 Å². The number of hydrogen-bond acceptors (Lipinski definition) is 5. The number of nitrogens with one attached hydrogen (secondary N) is 2. The summed E-state index contributed by atoms with van der Waals surface area (Å²) in [5, 5.41) is 15.6. The quantitative estimate of drug-likeness (QED) is 0.312. The predicted molar refractivity (Wildman–Crippen MR) is 78.3 cm³/mol. The van der Waals surface area contributed by atoms with Gasteiger partial charge in [-0.05, 0) is 30.2 Å². The molecule has 7 heteroatoms. The molecule has 1 rings (SSSR count). The molecule has 114 valence electrons. The number of nitrogens with zero attached hydrogens (tertiary/aromatic N) is 1. The summed E-state index contributed by atoms with van der Waals surface area (Å²) in [5.41, 5.74) is 2.73. The van der Waals surface area contributed by atoms with E-state index in [2.05, 4.69) is 15.8 Å². The minimum absolute atomic E-state index is 0.00832. The number of phenols is 1. The van der Waals surface area contributed by atoms with E-state index < -0.39 is 11.8 Å². The molecule has 0 radical (unpaired) electrons. The van der Waals surface area contributed by atoms with E-state index in [9.17, 15) is 14.7 Å². The molecule has 0 aliphatic carbocycles. The fourth-order valence-electron chi connectivity index (χ4n) is 1.45. The summed E-state index contributed by atoms with van der Waals surface area (Å²) < 4.78 is 4.94. The number of carbonyl (C=O) groups is 2. The summed E-state index contributed by atoms with van der Waals surface area (Å²) in [6, 6.07) is 4.58. The molecule has 0 spiro atoms. The van der Waals surface area contributed by atoms with Gasteiger partial charge in [0.1, 0.15) is 0 Å². The topological polar surface area (TPSA) is 100 Å². The van der Waals surface area contributed by atoms with Gasteiger partial charge in [-0.3, -0.25) is 9.59 Å². The largest absolute Gasteiger partial charge is 0.504 e. The van der Waals surface area contributed by atoms with Crippen LogP contribution in [0.2, 0.25) is 0 Å². The smallest absolute Gasteiger partial charge is 0.329 e. The van der Waals surface area contributed by atoms with E-state index in [1.165, 1.54) is 19.4 Å². The van der Waals surface area contributed by atoms with E-state index in [1.54, 1.807) is 12.1 Å². The second kappa shape index (κ2) is 8.57. The predicted octanol–water partition coefficient (Wildman–Crippen LogP) is 0.767. The van der Waals surface area contributed by atoms with Gasteiger partial charge in [-0.2, -0.15) is 5.10 Å². The Bertz CT molecular complexity index is 529. The minimum atomic E-state index is -0.826. The lowest BCUT2D eigenvalue weighted by molar-refractivity contribution is -0.139. The number of carbonyl (C=O) groups excluding carboxylic acids is 2. The SMILES string of the molecule is CCCCNC(=O)C(=O)N/N=C\c1ccc(O)c(OC)c1. The third kappa shape index (κ3) is 5.52. The summed E-state index contributed by atoms with van der Waals surface area (Å²) in [5.74, 6) is -1.24. The van der Waals surface area contributed by atoms with Gasteiger partial charge < -0.3 is 15.2 Å². The minimum Gasteiger partial charge on any atom is -0.504 e. The molecular formula is C14H19N3O4. The normalized spacial score (nSPS) is 10.4. The Morgan fingerprint density at radius 3 is 2.81 bits per heavy atom. The van der Waals surface area contributed by atoms with Crippen molar-refractivity contribution in [2.75, 3.05) is 13.7 Å². The maximum atomic E-state index is 11.4. The zero-order chi connectivity index (χ0) is 15.7. The van der Waals surface area contributed by atoms with Crippen LogP contribution in [0.25, 0.3) is 0 Å². The van der Waals surface area contributed by atoms with E-state index in [4.69, 9.17) is 4.74 Å². The van der Waals surface area contributed by atoms with Crippen LogP contribution in [0.1, 0.15) is 25.3 Å². The van der Waals surface area contributed by atoms with Crippen molar-refractivity contribution in [1.82, 2.24) is 10.7 Å². The maximum Gasteiger partial charge on any atom is 0.329 e. The van der Waals surface area contributed by atoms with Crippen molar-refractivity contribution in [3.05, 3.63) is 23.8 Å². The Labute approximate surface area is 123 Å². The maximum absolute atomic E-state index is 11.4. The lowest BCUT2D eigenvalue weighted by atomic mass is 10.2. The molecule has 21 heavy (non-hydrogen) atoms. The number of methoxy groups -OCH3 is 1. The van der Waals surface area contributed by atoms with Crippen molar-refractivity contribution >= 4 is 18.0 Å². The molecular weight excluding hydrogens is 274 g/mol. The number of ether oxygens (including phenoxy) is 1. The molecule has 3 N–H and O–H groups in total. The molecule has 2 amide bonds. The first-order valence-corrected chi connectivity index (χ1v) is 6.56. The highest BCUT2D eigenvalue weighted by Crippen LogP contribution is 2.25. The number of benzene rings is 1. The number of amides is 2. The molecule has 0 bridgehead atoms. The average Bonchev–Trinajstić information content (AvgIpc) is 2.48. The monoisotopic (exact) mass is 293 g/mol. The van der Waals surface area contributed by atoms with Gasteiger partial charge in [0.2, 0.25) is 0 Å². The molecule has 1 aromatic carbocycles. The Morgan fingerprint density at radius 2 is 2.14 bits per heavy atom. The number of hydrazone groups is 1. The molecule has 0 aromatic heterocycles.